The van der Waals surface area contributed by atoms with Gasteiger partial charge in [-0.2, -0.15) is 0 Å². The molecule has 108 valence electrons. The second-order valence-corrected chi connectivity index (χ2v) is 6.23. The van der Waals surface area contributed by atoms with Crippen molar-refractivity contribution in [3.63, 3.8) is 0 Å². The van der Waals surface area contributed by atoms with Crippen molar-refractivity contribution in [2.45, 2.75) is 37.3 Å². The number of quaternary nitrogens is 1. The van der Waals surface area contributed by atoms with E-state index in [-0.39, 0.29) is 5.72 Å². The van der Waals surface area contributed by atoms with E-state index in [9.17, 15) is 5.11 Å². The van der Waals surface area contributed by atoms with Crippen molar-refractivity contribution in [3.05, 3.63) is 23.8 Å². The first kappa shape index (κ1) is 12.5. The molecule has 2 aliphatic heterocycles. The van der Waals surface area contributed by atoms with Crippen molar-refractivity contribution in [1.29, 1.82) is 0 Å². The number of phenolic OH excluding ortho intramolecular Hbond substituents is 1. The largest absolute Gasteiger partial charge is 0.508 e. The van der Waals surface area contributed by atoms with Gasteiger partial charge >= 0.3 is 0 Å². The molecule has 0 bridgehead atoms. The van der Waals surface area contributed by atoms with E-state index in [4.69, 9.17) is 9.47 Å². The van der Waals surface area contributed by atoms with Crippen LogP contribution < -0.4 is 9.64 Å². The van der Waals surface area contributed by atoms with Gasteiger partial charge in [0.15, 0.2) is 0 Å². The number of benzene rings is 1. The van der Waals surface area contributed by atoms with Crippen molar-refractivity contribution < 1.29 is 19.5 Å². The van der Waals surface area contributed by atoms with Gasteiger partial charge in [0.2, 0.25) is 5.72 Å². The van der Waals surface area contributed by atoms with Gasteiger partial charge in [0.25, 0.3) is 0 Å². The number of nitrogens with one attached hydrogen (secondary N) is 1. The van der Waals surface area contributed by atoms with Crippen LogP contribution in [0.5, 0.6) is 11.5 Å². The van der Waals surface area contributed by atoms with Crippen LogP contribution in [-0.4, -0.2) is 37.1 Å². The van der Waals surface area contributed by atoms with E-state index in [0.29, 0.717) is 11.7 Å². The summed E-state index contributed by atoms with van der Waals surface area (Å²) < 4.78 is 12.0. The highest BCUT2D eigenvalue weighted by Gasteiger charge is 2.57. The lowest BCUT2D eigenvalue weighted by molar-refractivity contribution is -0.982. The predicted molar refractivity (Wildman–Crippen MR) is 74.2 cm³/mol. The Kier molecular flexibility index (Phi) is 2.89. The summed E-state index contributed by atoms with van der Waals surface area (Å²) in [5.74, 6) is 1.76. The number of fused-ring (bicyclic) bond motifs is 3. The number of hydrogen-bond donors (Lipinski definition) is 2. The van der Waals surface area contributed by atoms with E-state index in [1.165, 1.54) is 29.7 Å². The molecule has 1 saturated carbocycles. The maximum atomic E-state index is 9.80. The number of aromatic hydroxyl groups is 1. The molecule has 0 radical (unpaired) electrons. The molecule has 4 rings (SSSR count). The fourth-order valence-electron chi connectivity index (χ4n) is 4.31. The van der Waals surface area contributed by atoms with Crippen molar-refractivity contribution in [1.82, 2.24) is 0 Å². The van der Waals surface area contributed by atoms with Crippen molar-refractivity contribution in [2.75, 3.05) is 26.3 Å². The van der Waals surface area contributed by atoms with Gasteiger partial charge in [0, 0.05) is 12.0 Å². The zero-order valence-corrected chi connectivity index (χ0v) is 11.7. The quantitative estimate of drug-likeness (QED) is 0.806. The van der Waals surface area contributed by atoms with Gasteiger partial charge in [-0.25, -0.2) is 0 Å². The third-order valence-electron chi connectivity index (χ3n) is 5.21. The smallest absolute Gasteiger partial charge is 0.248 e. The number of morpholine rings is 1. The molecule has 0 unspecified atom stereocenters. The highest BCUT2D eigenvalue weighted by atomic mass is 16.5. The molecule has 1 saturated heterocycles. The van der Waals surface area contributed by atoms with Crippen LogP contribution in [0.2, 0.25) is 0 Å². The van der Waals surface area contributed by atoms with Gasteiger partial charge in [-0.15, -0.1) is 0 Å². The molecule has 20 heavy (non-hydrogen) atoms. The Morgan fingerprint density at radius 3 is 2.90 bits per heavy atom. The first-order chi connectivity index (χ1) is 9.79. The minimum Gasteiger partial charge on any atom is -0.508 e. The molecule has 2 N–H and O–H groups in total. The van der Waals surface area contributed by atoms with Gasteiger partial charge in [0.05, 0.1) is 19.1 Å². The molecule has 3 aliphatic rings. The molecule has 4 heteroatoms. The fourth-order valence-corrected chi connectivity index (χ4v) is 4.31. The van der Waals surface area contributed by atoms with Gasteiger partial charge in [0.1, 0.15) is 24.6 Å². The molecule has 1 aromatic carbocycles. The average molecular weight is 276 g/mol. The minimum atomic E-state index is -0.113. The third-order valence-corrected chi connectivity index (χ3v) is 5.21. The van der Waals surface area contributed by atoms with Crippen LogP contribution in [-0.2, 0) is 4.74 Å². The highest BCUT2D eigenvalue weighted by Crippen LogP contribution is 2.50. The van der Waals surface area contributed by atoms with Crippen LogP contribution in [0.4, 0.5) is 0 Å². The zero-order valence-electron chi connectivity index (χ0n) is 11.7. The van der Waals surface area contributed by atoms with E-state index >= 15 is 0 Å². The minimum absolute atomic E-state index is 0.113. The summed E-state index contributed by atoms with van der Waals surface area (Å²) in [5, 5.41) is 9.80. The van der Waals surface area contributed by atoms with Crippen LogP contribution in [0.15, 0.2) is 18.2 Å². The van der Waals surface area contributed by atoms with Crippen molar-refractivity contribution >= 4 is 0 Å². The SMILES string of the molecule is Oc1ccc2c(c1)[C@@H]1CCCC[C@@]1([NH+]1CCOCC1)O2. The summed E-state index contributed by atoms with van der Waals surface area (Å²) in [6.45, 7) is 3.70. The first-order valence-electron chi connectivity index (χ1n) is 7.74. The molecule has 2 heterocycles. The molecular weight excluding hydrogens is 254 g/mol. The number of ether oxygens (including phenoxy) is 2. The second-order valence-electron chi connectivity index (χ2n) is 6.23. The average Bonchev–Trinajstić information content (AvgIpc) is 2.83. The topological polar surface area (TPSA) is 43.1 Å². The lowest BCUT2D eigenvalue weighted by atomic mass is 9.77. The first-order valence-corrected chi connectivity index (χ1v) is 7.74. The molecule has 2 fully saturated rings. The highest BCUT2D eigenvalue weighted by molar-refractivity contribution is 5.46. The van der Waals surface area contributed by atoms with Crippen LogP contribution in [0.3, 0.4) is 0 Å². The van der Waals surface area contributed by atoms with E-state index < -0.39 is 0 Å². The Morgan fingerprint density at radius 1 is 1.20 bits per heavy atom. The monoisotopic (exact) mass is 276 g/mol. The fraction of sp³-hybridized carbons (Fsp3) is 0.625. The molecule has 4 nitrogen and oxygen atoms in total. The Balaban J connectivity index is 1.74. The standard InChI is InChI=1S/C16H21NO3/c18-12-4-5-15-13(11-12)14-3-1-2-6-16(14,20-15)17-7-9-19-10-8-17/h4-5,11,14,18H,1-3,6-10H2/p+1/t14-,16+/m0/s1. The van der Waals surface area contributed by atoms with Crippen LogP contribution >= 0.6 is 0 Å². The molecular formula is C16H22NO3+. The summed E-state index contributed by atoms with van der Waals surface area (Å²) in [6.07, 6.45) is 4.78. The molecule has 0 spiro atoms. The molecule has 0 amide bonds. The van der Waals surface area contributed by atoms with E-state index in [1.54, 1.807) is 6.07 Å². The van der Waals surface area contributed by atoms with Crippen molar-refractivity contribution in [2.24, 2.45) is 0 Å². The Labute approximate surface area is 119 Å². The van der Waals surface area contributed by atoms with Crippen LogP contribution in [0, 0.1) is 0 Å². The lowest BCUT2D eigenvalue weighted by Gasteiger charge is -2.44. The second kappa shape index (κ2) is 4.64. The molecule has 1 aromatic rings. The lowest BCUT2D eigenvalue weighted by Crippen LogP contribution is -3.23. The summed E-state index contributed by atoms with van der Waals surface area (Å²) in [7, 11) is 0. The van der Waals surface area contributed by atoms with E-state index in [0.717, 1.165) is 38.5 Å². The normalized spacial score (nSPS) is 33.3. The van der Waals surface area contributed by atoms with Crippen LogP contribution in [0.25, 0.3) is 0 Å². The Hall–Kier alpha value is -1.26. The van der Waals surface area contributed by atoms with Crippen LogP contribution in [0.1, 0.15) is 37.2 Å². The third kappa shape index (κ3) is 1.75. The van der Waals surface area contributed by atoms with E-state index in [1.807, 2.05) is 12.1 Å². The summed E-state index contributed by atoms with van der Waals surface area (Å²) in [4.78, 5) is 1.53. The Morgan fingerprint density at radius 2 is 2.05 bits per heavy atom. The number of rotatable bonds is 1. The molecule has 0 aromatic heterocycles. The number of hydrogen-bond acceptors (Lipinski definition) is 3. The molecule has 1 aliphatic carbocycles. The number of phenols is 1. The summed E-state index contributed by atoms with van der Waals surface area (Å²) in [6, 6.07) is 5.58. The Bertz CT molecular complexity index is 512. The van der Waals surface area contributed by atoms with Gasteiger partial charge in [-0.05, 0) is 31.0 Å². The molecule has 2 atom stereocenters. The zero-order chi connectivity index (χ0) is 13.6. The van der Waals surface area contributed by atoms with Crippen molar-refractivity contribution in [3.8, 4) is 11.5 Å². The van der Waals surface area contributed by atoms with Gasteiger partial charge < -0.3 is 14.6 Å². The maximum absolute atomic E-state index is 9.80. The predicted octanol–water partition coefficient (Wildman–Crippen LogP) is 1.05. The summed E-state index contributed by atoms with van der Waals surface area (Å²) in [5.41, 5.74) is 1.10. The van der Waals surface area contributed by atoms with Gasteiger partial charge in [-0.1, -0.05) is 6.42 Å². The summed E-state index contributed by atoms with van der Waals surface area (Å²) >= 11 is 0. The maximum Gasteiger partial charge on any atom is 0.248 e. The van der Waals surface area contributed by atoms with E-state index in [2.05, 4.69) is 0 Å². The van der Waals surface area contributed by atoms with Gasteiger partial charge in [-0.3, -0.25) is 4.90 Å².